The van der Waals surface area contributed by atoms with E-state index in [-0.39, 0.29) is 28.8 Å². The maximum absolute atomic E-state index is 15.6. The molecule has 4 aromatic rings. The third-order valence-corrected chi connectivity index (χ3v) is 7.41. The van der Waals surface area contributed by atoms with Gasteiger partial charge in [0.15, 0.2) is 28.2 Å². The van der Waals surface area contributed by atoms with Gasteiger partial charge in [-0.25, -0.2) is 13.8 Å². The Bertz CT molecular complexity index is 1540. The van der Waals surface area contributed by atoms with Crippen LogP contribution in [0.5, 0.6) is 11.5 Å². The molecule has 5 heterocycles. The minimum Gasteiger partial charge on any atom is -0.493 e. The molecule has 0 unspecified atom stereocenters. The van der Waals surface area contributed by atoms with Crippen molar-refractivity contribution < 1.29 is 23.0 Å². The normalized spacial score (nSPS) is 16.2. The van der Waals surface area contributed by atoms with Gasteiger partial charge in [-0.15, -0.1) is 0 Å². The second-order valence-corrected chi connectivity index (χ2v) is 9.78. The Balaban J connectivity index is 1.50. The highest BCUT2D eigenvalue weighted by atomic mass is 32.1. The molecule has 0 aliphatic carbocycles. The number of H-pyrrole nitrogens is 1. The van der Waals surface area contributed by atoms with Gasteiger partial charge in [-0.05, 0) is 18.3 Å². The van der Waals surface area contributed by atoms with E-state index in [1.54, 1.807) is 35.2 Å². The lowest BCUT2D eigenvalue weighted by atomic mass is 10.1. The molecule has 1 fully saturated rings. The second kappa shape index (κ2) is 10.1. The summed E-state index contributed by atoms with van der Waals surface area (Å²) in [4.78, 5) is 13.6. The predicted molar refractivity (Wildman–Crippen MR) is 146 cm³/mol. The molecule has 6 rings (SSSR count). The average Bonchev–Trinajstić information content (AvgIpc) is 3.55. The summed E-state index contributed by atoms with van der Waals surface area (Å²) in [6.45, 7) is 3.91. The first kappa shape index (κ1) is 25.5. The van der Waals surface area contributed by atoms with Crippen LogP contribution in [0.3, 0.4) is 0 Å². The number of hydrogen-bond donors (Lipinski definition) is 1. The fraction of sp³-hybridized carbons (Fsp3) is 0.346. The number of aromatic amines is 1. The Hall–Kier alpha value is -3.81. The van der Waals surface area contributed by atoms with Crippen molar-refractivity contribution in [1.29, 1.82) is 0 Å². The third kappa shape index (κ3) is 4.36. The molecule has 0 spiro atoms. The number of nitrogens with one attached hydrogen (secondary N) is 1. The molecule has 10 nitrogen and oxygen atoms in total. The first-order valence-electron chi connectivity index (χ1n) is 12.4. The zero-order valence-corrected chi connectivity index (χ0v) is 22.5. The number of fused-ring (bicyclic) bond motifs is 3. The SMILES string of the molecule is COc1cc(OC)c(F)c(N2Cc3cnc4[nH]c(CN5CCOCC5)cc4c3N(c3cnn(C)c3)C2=S)c1F. The number of aryl methyl sites for hydroxylation is 1. The molecule has 1 saturated heterocycles. The largest absolute Gasteiger partial charge is 0.493 e. The summed E-state index contributed by atoms with van der Waals surface area (Å²) in [6, 6.07) is 3.24. The van der Waals surface area contributed by atoms with Crippen LogP contribution < -0.4 is 19.3 Å². The van der Waals surface area contributed by atoms with Gasteiger partial charge < -0.3 is 24.1 Å². The van der Waals surface area contributed by atoms with Gasteiger partial charge >= 0.3 is 0 Å². The summed E-state index contributed by atoms with van der Waals surface area (Å²) in [5.41, 5.74) is 3.50. The highest BCUT2D eigenvalue weighted by Gasteiger charge is 2.37. The van der Waals surface area contributed by atoms with E-state index in [0.717, 1.165) is 42.0 Å². The van der Waals surface area contributed by atoms with Crippen LogP contribution >= 0.6 is 12.2 Å². The van der Waals surface area contributed by atoms with Crippen molar-refractivity contribution in [3.63, 3.8) is 0 Å². The highest BCUT2D eigenvalue weighted by Crippen LogP contribution is 2.44. The van der Waals surface area contributed by atoms with Crippen LogP contribution in [-0.2, 0) is 24.9 Å². The standard InChI is InChI=1S/C26H27F2N7O3S/c1-32-14-17(11-30-32)35-23-15(10-29-25-18(23)8-16(31-25)13-33-4-6-38-7-5-33)12-34(26(35)39)24-21(27)19(36-2)9-20(37-3)22(24)28/h8-11,14H,4-7,12-13H2,1-3H3,(H,29,31). The summed E-state index contributed by atoms with van der Waals surface area (Å²) in [7, 11) is 4.42. The molecular weight excluding hydrogens is 528 g/mol. The lowest BCUT2D eigenvalue weighted by Gasteiger charge is -2.39. The Morgan fingerprint density at radius 2 is 1.77 bits per heavy atom. The molecule has 0 atom stereocenters. The molecule has 1 N–H and O–H groups in total. The topological polar surface area (TPSA) is 83.9 Å². The van der Waals surface area contributed by atoms with E-state index in [2.05, 4.69) is 26.0 Å². The van der Waals surface area contributed by atoms with E-state index >= 15 is 8.78 Å². The van der Waals surface area contributed by atoms with Crippen LogP contribution in [0.1, 0.15) is 11.3 Å². The minimum absolute atomic E-state index is 0.0853. The number of pyridine rings is 1. The number of methoxy groups -OCH3 is 2. The van der Waals surface area contributed by atoms with Gasteiger partial charge in [0.2, 0.25) is 0 Å². The van der Waals surface area contributed by atoms with Gasteiger partial charge in [0, 0.05) is 61.8 Å². The number of rotatable bonds is 6. The van der Waals surface area contributed by atoms with E-state index in [0.29, 0.717) is 24.5 Å². The van der Waals surface area contributed by atoms with E-state index in [1.807, 2.05) is 0 Å². The van der Waals surface area contributed by atoms with Gasteiger partial charge in [0.05, 0.1) is 51.5 Å². The van der Waals surface area contributed by atoms with Crippen LogP contribution in [-0.4, -0.2) is 70.3 Å². The molecule has 0 saturated carbocycles. The zero-order valence-electron chi connectivity index (χ0n) is 21.7. The van der Waals surface area contributed by atoms with Crippen LogP contribution in [0, 0.1) is 11.6 Å². The molecule has 13 heteroatoms. The number of ether oxygens (including phenoxy) is 3. The summed E-state index contributed by atoms with van der Waals surface area (Å²) in [5.74, 6) is -2.07. The number of morpholine rings is 1. The summed E-state index contributed by atoms with van der Waals surface area (Å²) < 4.78 is 48.7. The number of thiocarbonyl (C=S) groups is 1. The van der Waals surface area contributed by atoms with Crippen LogP contribution in [0.25, 0.3) is 11.0 Å². The van der Waals surface area contributed by atoms with Gasteiger partial charge in [-0.2, -0.15) is 5.10 Å². The predicted octanol–water partition coefficient (Wildman–Crippen LogP) is 3.87. The Morgan fingerprint density at radius 3 is 2.41 bits per heavy atom. The number of nitrogens with zero attached hydrogens (tertiary/aromatic N) is 6. The molecule has 2 aliphatic rings. The van der Waals surface area contributed by atoms with E-state index in [9.17, 15) is 0 Å². The molecule has 2 aliphatic heterocycles. The first-order chi connectivity index (χ1) is 18.9. The van der Waals surface area contributed by atoms with Crippen LogP contribution in [0.15, 0.2) is 30.7 Å². The Labute approximate surface area is 228 Å². The third-order valence-electron chi connectivity index (χ3n) is 7.00. The molecule has 0 radical (unpaired) electrons. The molecule has 1 aromatic carbocycles. The maximum Gasteiger partial charge on any atom is 0.192 e. The van der Waals surface area contributed by atoms with Crippen molar-refractivity contribution >= 4 is 45.4 Å². The van der Waals surface area contributed by atoms with Crippen molar-refractivity contribution in [1.82, 2.24) is 24.6 Å². The van der Waals surface area contributed by atoms with Gasteiger partial charge in [-0.1, -0.05) is 0 Å². The van der Waals surface area contributed by atoms with E-state index in [1.165, 1.54) is 25.2 Å². The fourth-order valence-electron chi connectivity index (χ4n) is 5.12. The van der Waals surface area contributed by atoms with Crippen molar-refractivity contribution in [3.8, 4) is 11.5 Å². The minimum atomic E-state index is -0.879. The highest BCUT2D eigenvalue weighted by molar-refractivity contribution is 7.80. The molecular formula is C26H27F2N7O3S. The average molecular weight is 556 g/mol. The number of benzene rings is 1. The molecule has 0 bridgehead atoms. The smallest absolute Gasteiger partial charge is 0.192 e. The van der Waals surface area contributed by atoms with Crippen LogP contribution in [0.4, 0.5) is 25.8 Å². The second-order valence-electron chi connectivity index (χ2n) is 9.41. The zero-order chi connectivity index (χ0) is 27.3. The van der Waals surface area contributed by atoms with Crippen molar-refractivity contribution in [2.24, 2.45) is 7.05 Å². The van der Waals surface area contributed by atoms with Crippen molar-refractivity contribution in [2.45, 2.75) is 13.1 Å². The van der Waals surface area contributed by atoms with Crippen molar-refractivity contribution in [2.75, 3.05) is 50.3 Å². The van der Waals surface area contributed by atoms with Crippen LogP contribution in [0.2, 0.25) is 0 Å². The summed E-state index contributed by atoms with van der Waals surface area (Å²) >= 11 is 5.92. The number of anilines is 3. The van der Waals surface area contributed by atoms with E-state index < -0.39 is 11.6 Å². The summed E-state index contributed by atoms with van der Waals surface area (Å²) in [6.07, 6.45) is 5.16. The lowest BCUT2D eigenvalue weighted by Crippen LogP contribution is -2.45. The quantitative estimate of drug-likeness (QED) is 0.357. The molecule has 39 heavy (non-hydrogen) atoms. The Kier molecular flexibility index (Phi) is 6.57. The molecule has 204 valence electrons. The maximum atomic E-state index is 15.6. The monoisotopic (exact) mass is 555 g/mol. The number of halogens is 2. The Morgan fingerprint density at radius 1 is 1.05 bits per heavy atom. The summed E-state index contributed by atoms with van der Waals surface area (Å²) in [5, 5.41) is 5.34. The fourth-order valence-corrected chi connectivity index (χ4v) is 5.48. The van der Waals surface area contributed by atoms with Gasteiger partial charge in [0.1, 0.15) is 11.3 Å². The van der Waals surface area contributed by atoms with Gasteiger partial charge in [0.25, 0.3) is 0 Å². The number of hydrogen-bond acceptors (Lipinski definition) is 7. The van der Waals surface area contributed by atoms with Gasteiger partial charge in [-0.3, -0.25) is 14.5 Å². The first-order valence-corrected chi connectivity index (χ1v) is 12.8. The lowest BCUT2D eigenvalue weighted by molar-refractivity contribution is 0.0337. The molecule has 0 amide bonds. The molecule has 3 aromatic heterocycles. The van der Waals surface area contributed by atoms with E-state index in [4.69, 9.17) is 26.4 Å². The van der Waals surface area contributed by atoms with Crippen molar-refractivity contribution in [3.05, 3.63) is 53.6 Å². The number of aromatic nitrogens is 4.